The topological polar surface area (TPSA) is 13.1 Å². The molecule has 0 N–H and O–H groups in total. The third-order valence-corrected chi connectivity index (χ3v) is 4.16. The Morgan fingerprint density at radius 2 is 1.19 bits per heavy atom. The highest BCUT2D eigenvalue weighted by atomic mass is 16.3. The van der Waals surface area contributed by atoms with Crippen molar-refractivity contribution in [3.63, 3.8) is 0 Å². The Morgan fingerprint density at radius 1 is 0.571 bits per heavy atom. The van der Waals surface area contributed by atoms with E-state index >= 15 is 0 Å². The quantitative estimate of drug-likeness (QED) is 0.422. The molecule has 0 aliphatic rings. The Morgan fingerprint density at radius 3 is 2.00 bits per heavy atom. The number of rotatable bonds is 1. The zero-order valence-corrected chi connectivity index (χ0v) is 12.2. The molecule has 0 amide bonds. The summed E-state index contributed by atoms with van der Waals surface area (Å²) in [6.07, 6.45) is 0. The lowest BCUT2D eigenvalue weighted by molar-refractivity contribution is 0.667. The van der Waals surface area contributed by atoms with Crippen LogP contribution >= 0.6 is 0 Å². The summed E-state index contributed by atoms with van der Waals surface area (Å²) in [6.45, 7) is 4.24. The first kappa shape index (κ1) is 12.2. The minimum atomic E-state index is 0.983. The summed E-state index contributed by atoms with van der Waals surface area (Å²) in [5.74, 6) is 0. The van der Waals surface area contributed by atoms with E-state index < -0.39 is 0 Å². The predicted octanol–water partition coefficient (Wildman–Crippen LogP) is 5.87. The van der Waals surface area contributed by atoms with Crippen molar-refractivity contribution in [2.75, 3.05) is 0 Å². The van der Waals surface area contributed by atoms with Crippen molar-refractivity contribution in [2.45, 2.75) is 13.8 Å². The van der Waals surface area contributed by atoms with Crippen LogP contribution in [0.25, 0.3) is 33.1 Å². The number of hydrogen-bond acceptors (Lipinski definition) is 1. The molecule has 1 nitrogen and oxygen atoms in total. The van der Waals surface area contributed by atoms with Gasteiger partial charge in [-0.2, -0.15) is 0 Å². The first-order valence-electron chi connectivity index (χ1n) is 7.22. The van der Waals surface area contributed by atoms with Crippen molar-refractivity contribution in [3.8, 4) is 11.1 Å². The molecule has 0 spiro atoms. The standard InChI is InChI=1S/C20H16O/c1-13-7-3-4-9-15(13)16-11-6-12-18-17-10-5-8-14(2)19(17)21-20(16)18/h3-12H,1-2H3. The van der Waals surface area contributed by atoms with Gasteiger partial charge in [-0.3, -0.25) is 0 Å². The second-order valence-electron chi connectivity index (χ2n) is 5.55. The van der Waals surface area contributed by atoms with Crippen LogP contribution in [-0.4, -0.2) is 0 Å². The van der Waals surface area contributed by atoms with E-state index in [-0.39, 0.29) is 0 Å². The van der Waals surface area contributed by atoms with Gasteiger partial charge in [-0.05, 0) is 30.5 Å². The van der Waals surface area contributed by atoms with Crippen LogP contribution in [0.15, 0.2) is 65.1 Å². The third-order valence-electron chi connectivity index (χ3n) is 4.16. The lowest BCUT2D eigenvalue weighted by Gasteiger charge is -2.06. The molecule has 0 saturated carbocycles. The molecule has 0 aliphatic carbocycles. The van der Waals surface area contributed by atoms with Crippen LogP contribution in [0.1, 0.15) is 11.1 Å². The van der Waals surface area contributed by atoms with Crippen LogP contribution in [0, 0.1) is 13.8 Å². The van der Waals surface area contributed by atoms with Gasteiger partial charge in [0.25, 0.3) is 0 Å². The SMILES string of the molecule is Cc1ccccc1-c1cccc2c1oc1c(C)cccc12. The zero-order chi connectivity index (χ0) is 14.4. The second kappa shape index (κ2) is 4.49. The van der Waals surface area contributed by atoms with Crippen LogP contribution in [-0.2, 0) is 0 Å². The second-order valence-corrected chi connectivity index (χ2v) is 5.55. The van der Waals surface area contributed by atoms with E-state index in [1.54, 1.807) is 0 Å². The van der Waals surface area contributed by atoms with Gasteiger partial charge in [0.1, 0.15) is 11.2 Å². The molecular formula is C20H16O. The van der Waals surface area contributed by atoms with Crippen molar-refractivity contribution in [3.05, 3.63) is 71.8 Å². The number of hydrogen-bond donors (Lipinski definition) is 0. The van der Waals surface area contributed by atoms with Gasteiger partial charge in [-0.15, -0.1) is 0 Å². The smallest absolute Gasteiger partial charge is 0.143 e. The molecule has 4 rings (SSSR count). The van der Waals surface area contributed by atoms with Gasteiger partial charge < -0.3 is 4.42 Å². The summed E-state index contributed by atoms with van der Waals surface area (Å²) in [5, 5.41) is 2.38. The Hall–Kier alpha value is -2.54. The van der Waals surface area contributed by atoms with Crippen molar-refractivity contribution in [2.24, 2.45) is 0 Å². The molecule has 0 saturated heterocycles. The Kier molecular flexibility index (Phi) is 2.61. The highest BCUT2D eigenvalue weighted by Crippen LogP contribution is 2.37. The van der Waals surface area contributed by atoms with Gasteiger partial charge in [0.2, 0.25) is 0 Å². The minimum Gasteiger partial charge on any atom is -0.455 e. The van der Waals surface area contributed by atoms with Crippen LogP contribution in [0.4, 0.5) is 0 Å². The molecule has 0 fully saturated rings. The molecule has 0 bridgehead atoms. The fourth-order valence-electron chi connectivity index (χ4n) is 3.05. The number of aryl methyl sites for hydroxylation is 2. The Labute approximate surface area is 123 Å². The molecule has 4 aromatic rings. The van der Waals surface area contributed by atoms with Gasteiger partial charge in [-0.25, -0.2) is 0 Å². The maximum atomic E-state index is 6.22. The molecule has 102 valence electrons. The average Bonchev–Trinajstić information content (AvgIpc) is 2.88. The fourth-order valence-corrected chi connectivity index (χ4v) is 3.05. The molecule has 0 unspecified atom stereocenters. The lowest BCUT2D eigenvalue weighted by atomic mass is 9.98. The van der Waals surface area contributed by atoms with Crippen molar-refractivity contribution >= 4 is 21.9 Å². The van der Waals surface area contributed by atoms with Crippen molar-refractivity contribution < 1.29 is 4.42 Å². The molecule has 3 aromatic carbocycles. The first-order valence-corrected chi connectivity index (χ1v) is 7.22. The van der Waals surface area contributed by atoms with Gasteiger partial charge in [0.05, 0.1) is 0 Å². The molecule has 0 radical (unpaired) electrons. The van der Waals surface area contributed by atoms with Gasteiger partial charge in [0, 0.05) is 16.3 Å². The molecule has 1 heterocycles. The maximum absolute atomic E-state index is 6.22. The van der Waals surface area contributed by atoms with Crippen molar-refractivity contribution in [1.82, 2.24) is 0 Å². The van der Waals surface area contributed by atoms with E-state index in [2.05, 4.69) is 74.5 Å². The summed E-state index contributed by atoms with van der Waals surface area (Å²) >= 11 is 0. The van der Waals surface area contributed by atoms with E-state index in [0.29, 0.717) is 0 Å². The maximum Gasteiger partial charge on any atom is 0.143 e. The lowest BCUT2D eigenvalue weighted by Crippen LogP contribution is -1.82. The Balaban J connectivity index is 2.14. The highest BCUT2D eigenvalue weighted by molar-refractivity contribution is 6.10. The van der Waals surface area contributed by atoms with E-state index in [9.17, 15) is 0 Å². The molecule has 1 aromatic heterocycles. The Bertz CT molecular complexity index is 960. The average molecular weight is 272 g/mol. The van der Waals surface area contributed by atoms with E-state index in [4.69, 9.17) is 4.42 Å². The summed E-state index contributed by atoms with van der Waals surface area (Å²) in [6, 6.07) is 21.2. The van der Waals surface area contributed by atoms with Crippen LogP contribution in [0.3, 0.4) is 0 Å². The van der Waals surface area contributed by atoms with Gasteiger partial charge >= 0.3 is 0 Å². The minimum absolute atomic E-state index is 0.983. The van der Waals surface area contributed by atoms with Crippen LogP contribution < -0.4 is 0 Å². The van der Waals surface area contributed by atoms with Crippen molar-refractivity contribution in [1.29, 1.82) is 0 Å². The predicted molar refractivity (Wildman–Crippen MR) is 88.6 cm³/mol. The normalized spacial score (nSPS) is 11.3. The van der Waals surface area contributed by atoms with E-state index in [0.717, 1.165) is 11.2 Å². The summed E-state index contributed by atoms with van der Waals surface area (Å²) in [7, 11) is 0. The fraction of sp³-hybridized carbons (Fsp3) is 0.100. The number of furan rings is 1. The number of benzene rings is 3. The summed E-state index contributed by atoms with van der Waals surface area (Å²) < 4.78 is 6.22. The summed E-state index contributed by atoms with van der Waals surface area (Å²) in [5.41, 5.74) is 6.83. The van der Waals surface area contributed by atoms with Gasteiger partial charge in [0.15, 0.2) is 0 Å². The van der Waals surface area contributed by atoms with Gasteiger partial charge in [-0.1, -0.05) is 60.7 Å². The summed E-state index contributed by atoms with van der Waals surface area (Å²) in [4.78, 5) is 0. The molecule has 0 atom stereocenters. The van der Waals surface area contributed by atoms with Crippen LogP contribution in [0.2, 0.25) is 0 Å². The third kappa shape index (κ3) is 1.78. The largest absolute Gasteiger partial charge is 0.455 e. The van der Waals surface area contributed by atoms with E-state index in [1.165, 1.54) is 33.0 Å². The highest BCUT2D eigenvalue weighted by Gasteiger charge is 2.13. The monoisotopic (exact) mass is 272 g/mol. The molecular weight excluding hydrogens is 256 g/mol. The molecule has 1 heteroatoms. The zero-order valence-electron chi connectivity index (χ0n) is 12.2. The number of para-hydroxylation sites is 2. The number of fused-ring (bicyclic) bond motifs is 3. The molecule has 0 aliphatic heterocycles. The van der Waals surface area contributed by atoms with E-state index in [1.807, 2.05) is 0 Å². The first-order chi connectivity index (χ1) is 10.3. The van der Waals surface area contributed by atoms with Crippen LogP contribution in [0.5, 0.6) is 0 Å². The molecule has 21 heavy (non-hydrogen) atoms.